The minimum atomic E-state index is -0.0546. The molecule has 0 radical (unpaired) electrons. The number of rotatable bonds is 9. The maximum atomic E-state index is 11.6. The fourth-order valence-corrected chi connectivity index (χ4v) is 1.43. The van der Waals surface area contributed by atoms with Gasteiger partial charge in [0.15, 0.2) is 0 Å². The number of Topliss-reactive ketones (excluding diaryl/α,β-unsaturated/α-hetero) is 1. The molecule has 1 unspecified atom stereocenters. The van der Waals surface area contributed by atoms with E-state index in [2.05, 4.69) is 5.32 Å². The highest BCUT2D eigenvalue weighted by molar-refractivity contribution is 5.86. The number of carbonyl (C=O) groups is 2. The molecule has 1 N–H and O–H groups in total. The molecule has 0 aromatic carbocycles. The Kier molecular flexibility index (Phi) is 8.63. The lowest BCUT2D eigenvalue weighted by Gasteiger charge is -2.15. The van der Waals surface area contributed by atoms with Crippen molar-refractivity contribution in [2.75, 3.05) is 6.61 Å². The zero-order valence-corrected chi connectivity index (χ0v) is 12.3. The van der Waals surface area contributed by atoms with Crippen LogP contribution in [-0.4, -0.2) is 30.4 Å². The highest BCUT2D eigenvalue weighted by Gasteiger charge is 2.12. The second-order valence-corrected chi connectivity index (χ2v) is 5.30. The highest BCUT2D eigenvalue weighted by Crippen LogP contribution is 2.02. The van der Waals surface area contributed by atoms with E-state index in [0.717, 1.165) is 6.42 Å². The third-order valence-electron chi connectivity index (χ3n) is 2.65. The van der Waals surface area contributed by atoms with Crippen LogP contribution in [0.3, 0.4) is 0 Å². The number of ketones is 1. The monoisotopic (exact) mass is 257 g/mol. The van der Waals surface area contributed by atoms with E-state index in [9.17, 15) is 9.59 Å². The van der Waals surface area contributed by atoms with Crippen molar-refractivity contribution in [2.45, 2.75) is 66.0 Å². The Morgan fingerprint density at radius 2 is 1.67 bits per heavy atom. The van der Waals surface area contributed by atoms with E-state index >= 15 is 0 Å². The van der Waals surface area contributed by atoms with Crippen LogP contribution in [0.5, 0.6) is 0 Å². The Balaban J connectivity index is 3.70. The smallest absolute Gasteiger partial charge is 0.220 e. The predicted octanol–water partition coefficient (Wildman–Crippen LogP) is 2.31. The molecule has 0 spiro atoms. The third kappa shape index (κ3) is 9.16. The first-order valence-electron chi connectivity index (χ1n) is 6.76. The highest BCUT2D eigenvalue weighted by atomic mass is 16.5. The summed E-state index contributed by atoms with van der Waals surface area (Å²) in [5.41, 5.74) is 0. The molecule has 106 valence electrons. The Bertz CT molecular complexity index is 262. The van der Waals surface area contributed by atoms with Crippen molar-refractivity contribution in [2.24, 2.45) is 5.92 Å². The fourth-order valence-electron chi connectivity index (χ4n) is 1.43. The summed E-state index contributed by atoms with van der Waals surface area (Å²) in [6.45, 7) is 10.3. The summed E-state index contributed by atoms with van der Waals surface area (Å²) in [5.74, 6) is 0.0941. The SMILES string of the molecule is CC(CCOC(C)C)NC(=O)CCC(=O)C(C)C. The molecule has 0 aromatic rings. The van der Waals surface area contributed by atoms with Crippen LogP contribution in [0.1, 0.15) is 53.9 Å². The predicted molar refractivity (Wildman–Crippen MR) is 72.4 cm³/mol. The molecule has 4 nitrogen and oxygen atoms in total. The van der Waals surface area contributed by atoms with E-state index < -0.39 is 0 Å². The van der Waals surface area contributed by atoms with Crippen molar-refractivity contribution in [1.82, 2.24) is 5.32 Å². The number of hydrogen-bond acceptors (Lipinski definition) is 3. The van der Waals surface area contributed by atoms with Crippen molar-refractivity contribution >= 4 is 11.7 Å². The minimum absolute atomic E-state index is 0.00895. The molecule has 18 heavy (non-hydrogen) atoms. The lowest BCUT2D eigenvalue weighted by Crippen LogP contribution is -2.33. The van der Waals surface area contributed by atoms with Crippen LogP contribution < -0.4 is 5.32 Å². The summed E-state index contributed by atoms with van der Waals surface area (Å²) < 4.78 is 5.42. The Hall–Kier alpha value is -0.900. The summed E-state index contributed by atoms with van der Waals surface area (Å²) in [7, 11) is 0. The Morgan fingerprint density at radius 3 is 2.17 bits per heavy atom. The Labute approximate surface area is 110 Å². The molecular formula is C14H27NO3. The second-order valence-electron chi connectivity index (χ2n) is 5.30. The first-order chi connectivity index (χ1) is 8.32. The van der Waals surface area contributed by atoms with E-state index in [-0.39, 0.29) is 36.2 Å². The van der Waals surface area contributed by atoms with Crippen molar-refractivity contribution in [3.63, 3.8) is 0 Å². The first kappa shape index (κ1) is 17.1. The molecule has 1 amide bonds. The molecule has 0 rings (SSSR count). The van der Waals surface area contributed by atoms with Gasteiger partial charge >= 0.3 is 0 Å². The van der Waals surface area contributed by atoms with Crippen molar-refractivity contribution < 1.29 is 14.3 Å². The van der Waals surface area contributed by atoms with Gasteiger partial charge < -0.3 is 10.1 Å². The average Bonchev–Trinajstić information content (AvgIpc) is 2.24. The summed E-state index contributed by atoms with van der Waals surface area (Å²) in [6, 6.07) is 0.0883. The fraction of sp³-hybridized carbons (Fsp3) is 0.857. The minimum Gasteiger partial charge on any atom is -0.379 e. The molecule has 0 bridgehead atoms. The molecule has 0 aliphatic carbocycles. The zero-order valence-electron chi connectivity index (χ0n) is 12.3. The molecule has 0 aromatic heterocycles. The van der Waals surface area contributed by atoms with E-state index in [0.29, 0.717) is 13.0 Å². The van der Waals surface area contributed by atoms with Crippen LogP contribution in [0.25, 0.3) is 0 Å². The van der Waals surface area contributed by atoms with E-state index in [4.69, 9.17) is 4.74 Å². The zero-order chi connectivity index (χ0) is 14.1. The first-order valence-corrected chi connectivity index (χ1v) is 6.76. The van der Waals surface area contributed by atoms with Gasteiger partial charge in [-0.25, -0.2) is 0 Å². The molecule has 0 aliphatic heterocycles. The molecule has 0 fully saturated rings. The van der Waals surface area contributed by atoms with Gasteiger partial charge in [-0.05, 0) is 27.2 Å². The largest absolute Gasteiger partial charge is 0.379 e. The van der Waals surface area contributed by atoms with Crippen LogP contribution in [0.4, 0.5) is 0 Å². The van der Waals surface area contributed by atoms with Crippen LogP contribution >= 0.6 is 0 Å². The van der Waals surface area contributed by atoms with Gasteiger partial charge in [0.25, 0.3) is 0 Å². The van der Waals surface area contributed by atoms with Gasteiger partial charge in [-0.15, -0.1) is 0 Å². The van der Waals surface area contributed by atoms with Crippen molar-refractivity contribution in [1.29, 1.82) is 0 Å². The van der Waals surface area contributed by atoms with Gasteiger partial charge in [-0.3, -0.25) is 9.59 Å². The lowest BCUT2D eigenvalue weighted by atomic mass is 10.0. The summed E-state index contributed by atoms with van der Waals surface area (Å²) in [5, 5.41) is 2.88. The van der Waals surface area contributed by atoms with Gasteiger partial charge in [0.2, 0.25) is 5.91 Å². The van der Waals surface area contributed by atoms with Crippen LogP contribution in [-0.2, 0) is 14.3 Å². The summed E-state index contributed by atoms with van der Waals surface area (Å²) >= 11 is 0. The maximum absolute atomic E-state index is 11.6. The Morgan fingerprint density at radius 1 is 1.06 bits per heavy atom. The molecular weight excluding hydrogens is 230 g/mol. The van der Waals surface area contributed by atoms with E-state index in [1.165, 1.54) is 0 Å². The lowest BCUT2D eigenvalue weighted by molar-refractivity contribution is -0.127. The van der Waals surface area contributed by atoms with Crippen molar-refractivity contribution in [3.05, 3.63) is 0 Å². The summed E-state index contributed by atoms with van der Waals surface area (Å²) in [6.07, 6.45) is 1.63. The van der Waals surface area contributed by atoms with Crippen LogP contribution in [0.15, 0.2) is 0 Å². The van der Waals surface area contributed by atoms with Gasteiger partial charge in [-0.2, -0.15) is 0 Å². The number of ether oxygens (including phenoxy) is 1. The van der Waals surface area contributed by atoms with Crippen LogP contribution in [0.2, 0.25) is 0 Å². The molecule has 0 saturated carbocycles. The van der Waals surface area contributed by atoms with Crippen molar-refractivity contribution in [3.8, 4) is 0 Å². The third-order valence-corrected chi connectivity index (χ3v) is 2.65. The van der Waals surface area contributed by atoms with E-state index in [1.807, 2.05) is 34.6 Å². The number of carbonyl (C=O) groups excluding carboxylic acids is 2. The maximum Gasteiger partial charge on any atom is 0.220 e. The molecule has 4 heteroatoms. The van der Waals surface area contributed by atoms with E-state index in [1.54, 1.807) is 0 Å². The molecule has 0 saturated heterocycles. The quantitative estimate of drug-likeness (QED) is 0.689. The normalized spacial score (nSPS) is 12.8. The topological polar surface area (TPSA) is 55.4 Å². The molecule has 0 heterocycles. The average molecular weight is 257 g/mol. The van der Waals surface area contributed by atoms with Gasteiger partial charge in [-0.1, -0.05) is 13.8 Å². The molecule has 1 atom stereocenters. The molecule has 0 aliphatic rings. The number of nitrogens with one attached hydrogen (secondary N) is 1. The van der Waals surface area contributed by atoms with Gasteiger partial charge in [0.05, 0.1) is 6.10 Å². The standard InChI is InChI=1S/C14H27NO3/c1-10(2)13(16)6-7-14(17)15-12(5)8-9-18-11(3)4/h10-12H,6-9H2,1-5H3,(H,15,17). The number of hydrogen-bond donors (Lipinski definition) is 1. The second kappa shape index (κ2) is 9.09. The van der Waals surface area contributed by atoms with Gasteiger partial charge in [0, 0.05) is 31.4 Å². The summed E-state index contributed by atoms with van der Waals surface area (Å²) in [4.78, 5) is 23.0. The van der Waals surface area contributed by atoms with Crippen LogP contribution in [0, 0.1) is 5.92 Å². The number of amides is 1. The van der Waals surface area contributed by atoms with Gasteiger partial charge in [0.1, 0.15) is 5.78 Å².